The number of aryl methyl sites for hydroxylation is 2. The Morgan fingerprint density at radius 1 is 1.05 bits per heavy atom. The van der Waals surface area contributed by atoms with Gasteiger partial charge >= 0.3 is 6.09 Å². The molecule has 0 fully saturated rings. The van der Waals surface area contributed by atoms with Gasteiger partial charge in [-0.05, 0) is 49.2 Å². The molecule has 4 nitrogen and oxygen atoms in total. The van der Waals surface area contributed by atoms with Crippen molar-refractivity contribution < 1.29 is 9.53 Å². The Morgan fingerprint density at radius 2 is 1.71 bits per heavy atom. The molecular formula is C17H20N2O2. The summed E-state index contributed by atoms with van der Waals surface area (Å²) in [5.41, 5.74) is 5.54. The number of rotatable bonds is 4. The highest BCUT2D eigenvalue weighted by molar-refractivity contribution is 5.84. The van der Waals surface area contributed by atoms with Gasteiger partial charge in [0.05, 0.1) is 7.11 Å². The number of ether oxygens (including phenoxy) is 1. The van der Waals surface area contributed by atoms with E-state index in [4.69, 9.17) is 0 Å². The van der Waals surface area contributed by atoms with Crippen LogP contribution >= 0.6 is 0 Å². The van der Waals surface area contributed by atoms with E-state index in [-0.39, 0.29) is 0 Å². The molecule has 2 aromatic rings. The molecule has 1 amide bonds. The van der Waals surface area contributed by atoms with Gasteiger partial charge in [0.2, 0.25) is 0 Å². The quantitative estimate of drug-likeness (QED) is 0.889. The molecule has 21 heavy (non-hydrogen) atoms. The molecular weight excluding hydrogens is 264 g/mol. The molecule has 0 saturated heterocycles. The maximum absolute atomic E-state index is 11.1. The molecule has 0 heterocycles. The van der Waals surface area contributed by atoms with Gasteiger partial charge in [0.15, 0.2) is 0 Å². The predicted octanol–water partition coefficient (Wildman–Crippen LogP) is 4.09. The van der Waals surface area contributed by atoms with E-state index in [0.717, 1.165) is 12.2 Å². The van der Waals surface area contributed by atoms with Crippen molar-refractivity contribution in [3.8, 4) is 0 Å². The lowest BCUT2D eigenvalue weighted by molar-refractivity contribution is 0.187. The number of benzene rings is 2. The maximum atomic E-state index is 11.1. The molecule has 0 aromatic heterocycles. The molecule has 0 unspecified atom stereocenters. The summed E-state index contributed by atoms with van der Waals surface area (Å²) in [4.78, 5) is 11.1. The van der Waals surface area contributed by atoms with Crippen molar-refractivity contribution in [3.63, 3.8) is 0 Å². The Bertz CT molecular complexity index is 621. The van der Waals surface area contributed by atoms with E-state index in [1.54, 1.807) is 0 Å². The van der Waals surface area contributed by atoms with Crippen molar-refractivity contribution in [2.24, 2.45) is 0 Å². The molecule has 0 atom stereocenters. The lowest BCUT2D eigenvalue weighted by Gasteiger charge is -2.10. The molecule has 0 saturated carbocycles. The third-order valence-corrected chi connectivity index (χ3v) is 3.30. The van der Waals surface area contributed by atoms with Crippen LogP contribution in [0.2, 0.25) is 0 Å². The average Bonchev–Trinajstić information content (AvgIpc) is 2.48. The Morgan fingerprint density at radius 3 is 2.33 bits per heavy atom. The van der Waals surface area contributed by atoms with Crippen LogP contribution in [0, 0.1) is 13.8 Å². The topological polar surface area (TPSA) is 50.4 Å². The fourth-order valence-corrected chi connectivity index (χ4v) is 2.08. The second-order valence-electron chi connectivity index (χ2n) is 4.98. The third-order valence-electron chi connectivity index (χ3n) is 3.30. The standard InChI is InChI=1S/C17H20N2O2/c1-12-4-5-14(13(2)10-12)11-18-15-6-8-16(9-7-15)19-17(20)21-3/h4-10,18H,11H2,1-3H3,(H,19,20). The van der Waals surface area contributed by atoms with Crippen molar-refractivity contribution in [1.82, 2.24) is 0 Å². The minimum absolute atomic E-state index is 0.467. The van der Waals surface area contributed by atoms with Gasteiger partial charge in [-0.1, -0.05) is 23.8 Å². The van der Waals surface area contributed by atoms with Gasteiger partial charge in [-0.15, -0.1) is 0 Å². The minimum Gasteiger partial charge on any atom is -0.453 e. The van der Waals surface area contributed by atoms with Gasteiger partial charge < -0.3 is 10.1 Å². The molecule has 4 heteroatoms. The summed E-state index contributed by atoms with van der Waals surface area (Å²) in [6, 6.07) is 14.0. The highest BCUT2D eigenvalue weighted by Gasteiger charge is 2.01. The Labute approximate surface area is 125 Å². The van der Waals surface area contributed by atoms with E-state index < -0.39 is 6.09 Å². The summed E-state index contributed by atoms with van der Waals surface area (Å²) < 4.78 is 4.55. The smallest absolute Gasteiger partial charge is 0.411 e. The zero-order chi connectivity index (χ0) is 15.2. The first-order chi connectivity index (χ1) is 10.1. The lowest BCUT2D eigenvalue weighted by atomic mass is 10.1. The highest BCUT2D eigenvalue weighted by atomic mass is 16.5. The van der Waals surface area contributed by atoms with Crippen LogP contribution in [0.15, 0.2) is 42.5 Å². The molecule has 0 spiro atoms. The highest BCUT2D eigenvalue weighted by Crippen LogP contribution is 2.16. The summed E-state index contributed by atoms with van der Waals surface area (Å²) >= 11 is 0. The molecule has 2 rings (SSSR count). The van der Waals surface area contributed by atoms with E-state index in [0.29, 0.717) is 5.69 Å². The molecule has 2 N–H and O–H groups in total. The second-order valence-corrected chi connectivity index (χ2v) is 4.98. The van der Waals surface area contributed by atoms with Crippen molar-refractivity contribution in [1.29, 1.82) is 0 Å². The Hall–Kier alpha value is -2.49. The van der Waals surface area contributed by atoms with Crippen molar-refractivity contribution in [2.45, 2.75) is 20.4 Å². The van der Waals surface area contributed by atoms with Crippen molar-refractivity contribution in [2.75, 3.05) is 17.7 Å². The summed E-state index contributed by atoms with van der Waals surface area (Å²) in [5, 5.41) is 5.99. The first kappa shape index (κ1) is 14.9. The van der Waals surface area contributed by atoms with Gasteiger partial charge in [-0.3, -0.25) is 5.32 Å². The molecule has 0 radical (unpaired) electrons. The van der Waals surface area contributed by atoms with Crippen LogP contribution in [0.5, 0.6) is 0 Å². The normalized spacial score (nSPS) is 10.0. The fourth-order valence-electron chi connectivity index (χ4n) is 2.08. The molecule has 2 aromatic carbocycles. The van der Waals surface area contributed by atoms with E-state index in [2.05, 4.69) is 47.4 Å². The molecule has 110 valence electrons. The molecule has 0 aliphatic rings. The van der Waals surface area contributed by atoms with Crippen LogP contribution in [0.3, 0.4) is 0 Å². The lowest BCUT2D eigenvalue weighted by Crippen LogP contribution is -2.10. The SMILES string of the molecule is COC(=O)Nc1ccc(NCc2ccc(C)cc2C)cc1. The fraction of sp³-hybridized carbons (Fsp3) is 0.235. The van der Waals surface area contributed by atoms with Gasteiger partial charge in [-0.25, -0.2) is 4.79 Å². The number of carbonyl (C=O) groups excluding carboxylic acids is 1. The largest absolute Gasteiger partial charge is 0.453 e. The Kier molecular flexibility index (Phi) is 4.82. The molecule has 0 bridgehead atoms. The second kappa shape index (κ2) is 6.79. The zero-order valence-electron chi connectivity index (χ0n) is 12.6. The number of carbonyl (C=O) groups is 1. The van der Waals surface area contributed by atoms with Gasteiger partial charge in [0, 0.05) is 17.9 Å². The van der Waals surface area contributed by atoms with Gasteiger partial charge in [0.25, 0.3) is 0 Å². The summed E-state index contributed by atoms with van der Waals surface area (Å²) in [6.45, 7) is 4.99. The van der Waals surface area contributed by atoms with Crippen LogP contribution in [0.4, 0.5) is 16.2 Å². The summed E-state index contributed by atoms with van der Waals surface area (Å²) in [5.74, 6) is 0. The molecule has 0 aliphatic heterocycles. The van der Waals surface area contributed by atoms with Crippen molar-refractivity contribution in [3.05, 3.63) is 59.2 Å². The van der Waals surface area contributed by atoms with Crippen LogP contribution in [-0.4, -0.2) is 13.2 Å². The van der Waals surface area contributed by atoms with Crippen LogP contribution in [-0.2, 0) is 11.3 Å². The Balaban J connectivity index is 1.96. The van der Waals surface area contributed by atoms with Crippen LogP contribution < -0.4 is 10.6 Å². The number of methoxy groups -OCH3 is 1. The van der Waals surface area contributed by atoms with Gasteiger partial charge in [-0.2, -0.15) is 0 Å². The minimum atomic E-state index is -0.467. The first-order valence-electron chi connectivity index (χ1n) is 6.83. The van der Waals surface area contributed by atoms with Crippen molar-refractivity contribution >= 4 is 17.5 Å². The number of amides is 1. The number of hydrogen-bond acceptors (Lipinski definition) is 3. The number of anilines is 2. The van der Waals surface area contributed by atoms with E-state index in [1.807, 2.05) is 24.3 Å². The van der Waals surface area contributed by atoms with E-state index in [9.17, 15) is 4.79 Å². The van der Waals surface area contributed by atoms with Crippen LogP contribution in [0.1, 0.15) is 16.7 Å². The molecule has 0 aliphatic carbocycles. The van der Waals surface area contributed by atoms with E-state index >= 15 is 0 Å². The predicted molar refractivity (Wildman–Crippen MR) is 85.7 cm³/mol. The summed E-state index contributed by atoms with van der Waals surface area (Å²) in [6.07, 6.45) is -0.467. The number of hydrogen-bond donors (Lipinski definition) is 2. The van der Waals surface area contributed by atoms with Gasteiger partial charge in [0.1, 0.15) is 0 Å². The van der Waals surface area contributed by atoms with Crippen LogP contribution in [0.25, 0.3) is 0 Å². The zero-order valence-corrected chi connectivity index (χ0v) is 12.6. The maximum Gasteiger partial charge on any atom is 0.411 e. The first-order valence-corrected chi connectivity index (χ1v) is 6.83. The monoisotopic (exact) mass is 284 g/mol. The average molecular weight is 284 g/mol. The summed E-state index contributed by atoms with van der Waals surface area (Å²) in [7, 11) is 1.34. The van der Waals surface area contributed by atoms with E-state index in [1.165, 1.54) is 23.8 Å². The number of nitrogens with one attached hydrogen (secondary N) is 2. The third kappa shape index (κ3) is 4.24.